The van der Waals surface area contributed by atoms with Crippen LogP contribution in [0.4, 0.5) is 0 Å². The van der Waals surface area contributed by atoms with Crippen LogP contribution < -0.4 is 0 Å². The van der Waals surface area contributed by atoms with Crippen molar-refractivity contribution in [2.45, 2.75) is 20.8 Å². The maximum atomic E-state index is 4.56. The van der Waals surface area contributed by atoms with Crippen LogP contribution in [0.1, 0.15) is 16.8 Å². The van der Waals surface area contributed by atoms with E-state index in [9.17, 15) is 0 Å². The largest absolute Gasteiger partial charge is 0.264 e. The van der Waals surface area contributed by atoms with E-state index in [1.54, 1.807) is 0 Å². The summed E-state index contributed by atoms with van der Waals surface area (Å²) in [6.07, 6.45) is 7.40. The van der Waals surface area contributed by atoms with Gasteiger partial charge in [0, 0.05) is 41.6 Å². The fraction of sp³-hybridized carbons (Fsp3) is 0.167. The number of aryl methyl sites for hydroxylation is 2. The minimum absolute atomic E-state index is 0.987. The molecule has 3 rings (SSSR count). The quantitative estimate of drug-likeness (QED) is 0.705. The highest BCUT2D eigenvalue weighted by atomic mass is 14.7. The first-order valence-corrected chi connectivity index (χ1v) is 6.97. The van der Waals surface area contributed by atoms with Crippen molar-refractivity contribution in [1.29, 1.82) is 0 Å². The molecular formula is C18H17N3. The summed E-state index contributed by atoms with van der Waals surface area (Å²) in [7, 11) is 0. The average molecular weight is 275 g/mol. The Kier molecular flexibility index (Phi) is 3.48. The second-order valence-electron chi connectivity index (χ2n) is 5.16. The summed E-state index contributed by atoms with van der Waals surface area (Å²) in [5, 5.41) is 0. The predicted octanol–water partition coefficient (Wildman–Crippen LogP) is 4.13. The molecule has 3 aromatic rings. The summed E-state index contributed by atoms with van der Waals surface area (Å²) in [6.45, 7) is 6.22. The molecule has 0 aliphatic carbocycles. The lowest BCUT2D eigenvalue weighted by Gasteiger charge is -2.13. The van der Waals surface area contributed by atoms with Gasteiger partial charge in [0.25, 0.3) is 0 Å². The Labute approximate surface area is 124 Å². The molecule has 0 spiro atoms. The van der Waals surface area contributed by atoms with E-state index < -0.39 is 0 Å². The van der Waals surface area contributed by atoms with Crippen LogP contribution in [0.15, 0.2) is 49.1 Å². The zero-order valence-corrected chi connectivity index (χ0v) is 12.5. The van der Waals surface area contributed by atoms with Gasteiger partial charge in [-0.2, -0.15) is 0 Å². The molecule has 104 valence electrons. The van der Waals surface area contributed by atoms with Gasteiger partial charge in [-0.05, 0) is 61.7 Å². The lowest BCUT2D eigenvalue weighted by molar-refractivity contribution is 1.17. The van der Waals surface area contributed by atoms with Crippen LogP contribution in [0.3, 0.4) is 0 Å². The average Bonchev–Trinajstić information content (AvgIpc) is 2.49. The Hall–Kier alpha value is -2.55. The standard InChI is InChI=1S/C18H17N3/c1-12-6-9-19-11-17(12)15-7-10-21-18(13(15)2)16-5-4-8-20-14(16)3/h4-11H,1-3H3. The summed E-state index contributed by atoms with van der Waals surface area (Å²) in [6, 6.07) is 8.10. The topological polar surface area (TPSA) is 38.7 Å². The van der Waals surface area contributed by atoms with E-state index in [1.807, 2.05) is 43.8 Å². The predicted molar refractivity (Wildman–Crippen MR) is 84.9 cm³/mol. The molecule has 3 heteroatoms. The highest BCUT2D eigenvalue weighted by Crippen LogP contribution is 2.31. The summed E-state index contributed by atoms with van der Waals surface area (Å²) in [4.78, 5) is 13.2. The molecule has 3 heterocycles. The van der Waals surface area contributed by atoms with Crippen LogP contribution in [-0.4, -0.2) is 15.0 Å². The monoisotopic (exact) mass is 275 g/mol. The second kappa shape index (κ2) is 5.44. The summed E-state index contributed by atoms with van der Waals surface area (Å²) >= 11 is 0. The fourth-order valence-electron chi connectivity index (χ4n) is 2.58. The van der Waals surface area contributed by atoms with Gasteiger partial charge in [-0.25, -0.2) is 0 Å². The molecule has 0 N–H and O–H groups in total. The van der Waals surface area contributed by atoms with Gasteiger partial charge in [0.05, 0.1) is 5.69 Å². The van der Waals surface area contributed by atoms with Crippen molar-refractivity contribution in [3.63, 3.8) is 0 Å². The van der Waals surface area contributed by atoms with Gasteiger partial charge < -0.3 is 0 Å². The molecule has 0 bridgehead atoms. The van der Waals surface area contributed by atoms with Gasteiger partial charge in [0.2, 0.25) is 0 Å². The lowest BCUT2D eigenvalue weighted by atomic mass is 9.95. The van der Waals surface area contributed by atoms with Crippen molar-refractivity contribution in [1.82, 2.24) is 15.0 Å². The Bertz CT molecular complexity index is 730. The number of rotatable bonds is 2. The molecule has 0 radical (unpaired) electrons. The number of nitrogens with zero attached hydrogens (tertiary/aromatic N) is 3. The summed E-state index contributed by atoms with van der Waals surface area (Å²) < 4.78 is 0. The van der Waals surface area contributed by atoms with Crippen molar-refractivity contribution in [3.05, 3.63) is 65.9 Å². The lowest BCUT2D eigenvalue weighted by Crippen LogP contribution is -1.96. The van der Waals surface area contributed by atoms with Gasteiger partial charge in [-0.3, -0.25) is 15.0 Å². The third kappa shape index (κ3) is 2.42. The maximum Gasteiger partial charge on any atom is 0.0755 e. The first-order chi connectivity index (χ1) is 10.2. The van der Waals surface area contributed by atoms with E-state index in [0.29, 0.717) is 0 Å². The smallest absolute Gasteiger partial charge is 0.0755 e. The molecule has 0 fully saturated rings. The molecule has 0 aromatic carbocycles. The number of pyridine rings is 3. The number of hydrogen-bond acceptors (Lipinski definition) is 3. The van der Waals surface area contributed by atoms with E-state index in [0.717, 1.165) is 28.1 Å². The number of hydrogen-bond donors (Lipinski definition) is 0. The Morgan fingerprint density at radius 3 is 2.38 bits per heavy atom. The third-order valence-electron chi connectivity index (χ3n) is 3.80. The highest BCUT2D eigenvalue weighted by Gasteiger charge is 2.12. The molecule has 0 amide bonds. The zero-order valence-electron chi connectivity index (χ0n) is 12.5. The van der Waals surface area contributed by atoms with Gasteiger partial charge in [0.15, 0.2) is 0 Å². The van der Waals surface area contributed by atoms with Crippen molar-refractivity contribution in [3.8, 4) is 22.4 Å². The van der Waals surface area contributed by atoms with Crippen LogP contribution >= 0.6 is 0 Å². The van der Waals surface area contributed by atoms with Gasteiger partial charge in [-0.15, -0.1) is 0 Å². The molecule has 0 saturated heterocycles. The molecule has 21 heavy (non-hydrogen) atoms. The SMILES string of the molecule is Cc1ccncc1-c1ccnc(-c2cccnc2C)c1C. The molecule has 0 atom stereocenters. The van der Waals surface area contributed by atoms with E-state index in [2.05, 4.69) is 40.9 Å². The first kappa shape index (κ1) is 13.4. The summed E-state index contributed by atoms with van der Waals surface area (Å²) in [5.74, 6) is 0. The van der Waals surface area contributed by atoms with Crippen LogP contribution in [0.25, 0.3) is 22.4 Å². The fourth-order valence-corrected chi connectivity index (χ4v) is 2.58. The molecule has 3 aromatic heterocycles. The van der Waals surface area contributed by atoms with Gasteiger partial charge in [-0.1, -0.05) is 0 Å². The second-order valence-corrected chi connectivity index (χ2v) is 5.16. The minimum atomic E-state index is 0.987. The van der Waals surface area contributed by atoms with Crippen LogP contribution in [-0.2, 0) is 0 Å². The highest BCUT2D eigenvalue weighted by molar-refractivity contribution is 5.77. The van der Waals surface area contributed by atoms with E-state index in [-0.39, 0.29) is 0 Å². The van der Waals surface area contributed by atoms with Gasteiger partial charge >= 0.3 is 0 Å². The Morgan fingerprint density at radius 1 is 0.762 bits per heavy atom. The molecular weight excluding hydrogens is 258 g/mol. The van der Waals surface area contributed by atoms with Crippen LogP contribution in [0, 0.1) is 20.8 Å². The normalized spacial score (nSPS) is 10.6. The molecule has 0 unspecified atom stereocenters. The van der Waals surface area contributed by atoms with E-state index in [1.165, 1.54) is 11.1 Å². The first-order valence-electron chi connectivity index (χ1n) is 6.97. The van der Waals surface area contributed by atoms with Crippen molar-refractivity contribution >= 4 is 0 Å². The van der Waals surface area contributed by atoms with Gasteiger partial charge in [0.1, 0.15) is 0 Å². The molecule has 0 aliphatic rings. The van der Waals surface area contributed by atoms with Crippen LogP contribution in [0.5, 0.6) is 0 Å². The Balaban J connectivity index is 2.21. The van der Waals surface area contributed by atoms with Crippen molar-refractivity contribution in [2.75, 3.05) is 0 Å². The Morgan fingerprint density at radius 2 is 1.62 bits per heavy atom. The zero-order chi connectivity index (χ0) is 14.8. The van der Waals surface area contributed by atoms with Crippen LogP contribution in [0.2, 0.25) is 0 Å². The van der Waals surface area contributed by atoms with E-state index >= 15 is 0 Å². The number of aromatic nitrogens is 3. The van der Waals surface area contributed by atoms with E-state index in [4.69, 9.17) is 0 Å². The third-order valence-corrected chi connectivity index (χ3v) is 3.80. The minimum Gasteiger partial charge on any atom is -0.264 e. The van der Waals surface area contributed by atoms with Crippen molar-refractivity contribution < 1.29 is 0 Å². The summed E-state index contributed by atoms with van der Waals surface area (Å²) in [5.41, 5.74) is 7.76. The maximum absolute atomic E-state index is 4.56. The molecule has 0 aliphatic heterocycles. The van der Waals surface area contributed by atoms with Crippen molar-refractivity contribution in [2.24, 2.45) is 0 Å². The molecule has 0 saturated carbocycles. The molecule has 3 nitrogen and oxygen atoms in total.